The molecule has 2 aromatic rings. The Kier molecular flexibility index (Phi) is 7.22. The van der Waals surface area contributed by atoms with Crippen molar-refractivity contribution in [3.05, 3.63) is 64.7 Å². The van der Waals surface area contributed by atoms with Gasteiger partial charge in [0.2, 0.25) is 11.8 Å². The second kappa shape index (κ2) is 9.75. The number of imide groups is 1. The van der Waals surface area contributed by atoms with Gasteiger partial charge in [-0.3, -0.25) is 14.4 Å². The van der Waals surface area contributed by atoms with Gasteiger partial charge in [-0.05, 0) is 62.2 Å². The van der Waals surface area contributed by atoms with Crippen molar-refractivity contribution < 1.29 is 23.9 Å². The first-order chi connectivity index (χ1) is 15.6. The molecule has 174 valence electrons. The molecule has 1 fully saturated rings. The van der Waals surface area contributed by atoms with Gasteiger partial charge in [-0.15, -0.1) is 0 Å². The smallest absolute Gasteiger partial charge is 0.337 e. The molecule has 0 N–H and O–H groups in total. The average molecular weight is 471 g/mol. The number of methoxy groups -OCH3 is 1. The first-order valence-corrected chi connectivity index (χ1v) is 11.1. The summed E-state index contributed by atoms with van der Waals surface area (Å²) in [5.41, 5.74) is 0.783. The summed E-state index contributed by atoms with van der Waals surface area (Å²) in [4.78, 5) is 54.0. The Morgan fingerprint density at radius 2 is 1.70 bits per heavy atom. The van der Waals surface area contributed by atoms with Crippen LogP contribution in [-0.2, 0) is 25.5 Å². The van der Waals surface area contributed by atoms with Crippen LogP contribution in [0.1, 0.15) is 49.5 Å². The fourth-order valence-electron chi connectivity index (χ4n) is 3.92. The van der Waals surface area contributed by atoms with E-state index in [2.05, 4.69) is 4.74 Å². The number of amides is 3. The van der Waals surface area contributed by atoms with Gasteiger partial charge in [0.05, 0.1) is 31.2 Å². The minimum Gasteiger partial charge on any atom is -0.465 e. The summed E-state index contributed by atoms with van der Waals surface area (Å²) in [7, 11) is 1.28. The van der Waals surface area contributed by atoms with Crippen LogP contribution in [0.2, 0.25) is 5.02 Å². The van der Waals surface area contributed by atoms with Crippen LogP contribution in [0.5, 0.6) is 0 Å². The molecule has 0 saturated carbocycles. The van der Waals surface area contributed by atoms with E-state index in [1.54, 1.807) is 29.2 Å². The number of anilines is 1. The molecule has 0 aliphatic carbocycles. The average Bonchev–Trinajstić information content (AvgIpc) is 3.08. The zero-order chi connectivity index (χ0) is 24.3. The number of halogens is 1. The Labute approximate surface area is 198 Å². The van der Waals surface area contributed by atoms with E-state index in [9.17, 15) is 19.2 Å². The molecule has 33 heavy (non-hydrogen) atoms. The predicted octanol–water partition coefficient (Wildman–Crippen LogP) is 4.02. The normalized spacial score (nSPS) is 16.2. The van der Waals surface area contributed by atoms with Crippen molar-refractivity contribution in [3.63, 3.8) is 0 Å². The first kappa shape index (κ1) is 24.5. The molecule has 0 bridgehead atoms. The maximum atomic E-state index is 13.4. The molecule has 1 unspecified atom stereocenters. The lowest BCUT2D eigenvalue weighted by molar-refractivity contribution is -0.144. The van der Waals surface area contributed by atoms with Crippen LogP contribution in [0.15, 0.2) is 48.5 Å². The minimum absolute atomic E-state index is 0.0897. The molecule has 7 nitrogen and oxygen atoms in total. The highest BCUT2D eigenvalue weighted by atomic mass is 35.5. The minimum atomic E-state index is -0.910. The third-order valence-electron chi connectivity index (χ3n) is 6.04. The first-order valence-electron chi connectivity index (χ1n) is 10.7. The lowest BCUT2D eigenvalue weighted by atomic mass is 9.94. The van der Waals surface area contributed by atoms with Crippen LogP contribution >= 0.6 is 11.6 Å². The summed E-state index contributed by atoms with van der Waals surface area (Å²) in [6.45, 7) is 5.71. The van der Waals surface area contributed by atoms with Crippen molar-refractivity contribution in [1.29, 1.82) is 0 Å². The third-order valence-corrected chi connectivity index (χ3v) is 6.29. The van der Waals surface area contributed by atoms with Gasteiger partial charge in [0.1, 0.15) is 6.04 Å². The van der Waals surface area contributed by atoms with Crippen molar-refractivity contribution in [2.24, 2.45) is 0 Å². The molecule has 1 heterocycles. The lowest BCUT2D eigenvalue weighted by Gasteiger charge is -2.41. The Balaban J connectivity index is 1.89. The predicted molar refractivity (Wildman–Crippen MR) is 125 cm³/mol. The van der Waals surface area contributed by atoms with Gasteiger partial charge in [-0.1, -0.05) is 30.7 Å². The molecule has 1 aliphatic heterocycles. The van der Waals surface area contributed by atoms with Gasteiger partial charge in [0, 0.05) is 10.6 Å². The van der Waals surface area contributed by atoms with Crippen molar-refractivity contribution in [1.82, 2.24) is 4.90 Å². The molecule has 1 aliphatic rings. The highest BCUT2D eigenvalue weighted by Crippen LogP contribution is 2.32. The molecule has 3 rings (SSSR count). The summed E-state index contributed by atoms with van der Waals surface area (Å²) in [6.07, 6.45) is 0.588. The highest BCUT2D eigenvalue weighted by Gasteiger charge is 2.48. The summed E-state index contributed by atoms with van der Waals surface area (Å²) in [5.74, 6) is -1.61. The summed E-state index contributed by atoms with van der Waals surface area (Å²) >= 11 is 5.95. The van der Waals surface area contributed by atoms with E-state index in [1.165, 1.54) is 31.4 Å². The van der Waals surface area contributed by atoms with Crippen LogP contribution in [0.4, 0.5) is 5.69 Å². The van der Waals surface area contributed by atoms with Gasteiger partial charge < -0.3 is 9.64 Å². The zero-order valence-corrected chi connectivity index (χ0v) is 19.9. The number of hydrogen-bond donors (Lipinski definition) is 0. The number of ether oxygens (including phenoxy) is 1. The van der Waals surface area contributed by atoms with Crippen molar-refractivity contribution in [2.45, 2.75) is 51.6 Å². The summed E-state index contributed by atoms with van der Waals surface area (Å²) in [6, 6.07) is 12.1. The van der Waals surface area contributed by atoms with Crippen molar-refractivity contribution in [2.75, 3.05) is 12.0 Å². The fraction of sp³-hybridized carbons (Fsp3) is 0.360. The quantitative estimate of drug-likeness (QED) is 0.451. The van der Waals surface area contributed by atoms with Crippen molar-refractivity contribution >= 4 is 41.0 Å². The number of benzene rings is 2. The van der Waals surface area contributed by atoms with Gasteiger partial charge >= 0.3 is 5.97 Å². The Morgan fingerprint density at radius 1 is 1.09 bits per heavy atom. The Morgan fingerprint density at radius 3 is 2.24 bits per heavy atom. The molecule has 3 amide bonds. The monoisotopic (exact) mass is 470 g/mol. The molecule has 1 atom stereocenters. The second-order valence-corrected chi connectivity index (χ2v) is 9.00. The number of carbonyl (C=O) groups is 4. The standard InChI is InChI=1S/C25H27ClN2O5/c1-5-25(2,3)28(22(30)14-16-6-10-18(26)11-7-16)20-15-21(29)27(23(20)31)19-12-8-17(9-13-19)24(32)33-4/h6-13,20H,5,14-15H2,1-4H3. The van der Waals surface area contributed by atoms with E-state index in [-0.39, 0.29) is 18.7 Å². The van der Waals surface area contributed by atoms with Crippen LogP contribution in [0.25, 0.3) is 0 Å². The molecule has 0 aromatic heterocycles. The molecular weight excluding hydrogens is 444 g/mol. The largest absolute Gasteiger partial charge is 0.465 e. The van der Waals surface area contributed by atoms with Crippen LogP contribution in [0.3, 0.4) is 0 Å². The Hall–Kier alpha value is -3.19. The van der Waals surface area contributed by atoms with E-state index >= 15 is 0 Å². The number of hydrogen-bond acceptors (Lipinski definition) is 5. The number of rotatable bonds is 7. The topological polar surface area (TPSA) is 84.0 Å². The Bertz CT molecular complexity index is 1060. The third kappa shape index (κ3) is 5.09. The number of esters is 1. The molecule has 8 heteroatoms. The van der Waals surface area contributed by atoms with E-state index in [1.807, 2.05) is 20.8 Å². The van der Waals surface area contributed by atoms with E-state index in [4.69, 9.17) is 11.6 Å². The van der Waals surface area contributed by atoms with Gasteiger partial charge in [-0.2, -0.15) is 0 Å². The fourth-order valence-corrected chi connectivity index (χ4v) is 4.04. The van der Waals surface area contributed by atoms with Gasteiger partial charge in [0.15, 0.2) is 0 Å². The molecule has 1 saturated heterocycles. The molecule has 0 spiro atoms. The zero-order valence-electron chi connectivity index (χ0n) is 19.1. The van der Waals surface area contributed by atoms with Crippen LogP contribution in [-0.4, -0.2) is 47.3 Å². The molecular formula is C25H27ClN2O5. The molecule has 2 aromatic carbocycles. The lowest BCUT2D eigenvalue weighted by Crippen LogP contribution is -2.56. The maximum absolute atomic E-state index is 13.4. The van der Waals surface area contributed by atoms with E-state index < -0.39 is 29.4 Å². The summed E-state index contributed by atoms with van der Waals surface area (Å²) in [5, 5.41) is 0.572. The van der Waals surface area contributed by atoms with Gasteiger partial charge in [0.25, 0.3) is 5.91 Å². The van der Waals surface area contributed by atoms with E-state index in [0.29, 0.717) is 22.7 Å². The number of nitrogens with zero attached hydrogens (tertiary/aromatic N) is 2. The van der Waals surface area contributed by atoms with Crippen LogP contribution in [0, 0.1) is 0 Å². The van der Waals surface area contributed by atoms with Crippen LogP contribution < -0.4 is 4.90 Å². The second-order valence-electron chi connectivity index (χ2n) is 8.56. The number of carbonyl (C=O) groups excluding carboxylic acids is 4. The summed E-state index contributed by atoms with van der Waals surface area (Å²) < 4.78 is 4.69. The van der Waals surface area contributed by atoms with Crippen molar-refractivity contribution in [3.8, 4) is 0 Å². The highest BCUT2D eigenvalue weighted by molar-refractivity contribution is 6.30. The maximum Gasteiger partial charge on any atom is 0.337 e. The van der Waals surface area contributed by atoms with E-state index in [0.717, 1.165) is 10.5 Å². The SMILES string of the molecule is CCC(C)(C)N(C(=O)Cc1ccc(Cl)cc1)C1CC(=O)N(c2ccc(C(=O)OC)cc2)C1=O. The van der Waals surface area contributed by atoms with Gasteiger partial charge in [-0.25, -0.2) is 9.69 Å². The molecule has 0 radical (unpaired) electrons.